The fraction of sp³-hybridized carbons (Fsp3) is 0.182. The minimum absolute atomic E-state index is 0.0278. The van der Waals surface area contributed by atoms with Crippen LogP contribution in [0, 0.1) is 24.0 Å². The zero-order valence-corrected chi connectivity index (χ0v) is 9.43. The first-order chi connectivity index (χ1) is 7.99. The second-order valence-corrected chi connectivity index (χ2v) is 3.85. The van der Waals surface area contributed by atoms with E-state index in [4.69, 9.17) is 0 Å². The first-order valence-corrected chi connectivity index (χ1v) is 5.03. The Morgan fingerprint density at radius 3 is 2.53 bits per heavy atom. The van der Waals surface area contributed by atoms with E-state index in [0.29, 0.717) is 11.4 Å². The van der Waals surface area contributed by atoms with E-state index in [2.05, 4.69) is 5.10 Å². The molecule has 0 unspecified atom stereocenters. The summed E-state index contributed by atoms with van der Waals surface area (Å²) in [7, 11) is 0. The van der Waals surface area contributed by atoms with E-state index in [1.807, 2.05) is 0 Å². The van der Waals surface area contributed by atoms with Crippen molar-refractivity contribution in [3.05, 3.63) is 56.0 Å². The van der Waals surface area contributed by atoms with E-state index in [9.17, 15) is 14.9 Å². The average molecular weight is 233 g/mol. The maximum Gasteiger partial charge on any atom is 0.295 e. The van der Waals surface area contributed by atoms with Gasteiger partial charge in [0.2, 0.25) is 0 Å². The van der Waals surface area contributed by atoms with Gasteiger partial charge in [-0.2, -0.15) is 0 Å². The van der Waals surface area contributed by atoms with E-state index in [-0.39, 0.29) is 11.2 Å². The molecular weight excluding hydrogens is 222 g/mol. The molecule has 2 rings (SSSR count). The topological polar surface area (TPSA) is 80.9 Å². The molecule has 6 heteroatoms. The lowest BCUT2D eigenvalue weighted by Crippen LogP contribution is -2.07. The second kappa shape index (κ2) is 3.89. The van der Waals surface area contributed by atoms with Crippen molar-refractivity contribution in [2.75, 3.05) is 0 Å². The summed E-state index contributed by atoms with van der Waals surface area (Å²) in [5, 5.41) is 13.5. The quantitative estimate of drug-likeness (QED) is 0.633. The maximum atomic E-state index is 11.2. The molecule has 2 aromatic rings. The van der Waals surface area contributed by atoms with Crippen LogP contribution in [0.3, 0.4) is 0 Å². The molecular formula is C11H11N3O3. The van der Waals surface area contributed by atoms with E-state index in [1.54, 1.807) is 26.0 Å². The smallest absolute Gasteiger partial charge is 0.268 e. The highest BCUT2D eigenvalue weighted by molar-refractivity contribution is 5.54. The summed E-state index contributed by atoms with van der Waals surface area (Å²) in [6.45, 7) is 3.49. The second-order valence-electron chi connectivity index (χ2n) is 3.85. The lowest BCUT2D eigenvalue weighted by Gasteiger charge is -2.06. The molecule has 0 saturated heterocycles. The van der Waals surface area contributed by atoms with Crippen molar-refractivity contribution in [1.29, 1.82) is 0 Å². The summed E-state index contributed by atoms with van der Waals surface area (Å²) in [4.78, 5) is 21.7. The number of hydrogen-bond donors (Lipinski definition) is 1. The molecule has 1 heterocycles. The summed E-state index contributed by atoms with van der Waals surface area (Å²) in [6.07, 6.45) is 0. The van der Waals surface area contributed by atoms with Crippen LogP contribution in [0.2, 0.25) is 0 Å². The third-order valence-electron chi connectivity index (χ3n) is 2.48. The molecule has 0 radical (unpaired) electrons. The van der Waals surface area contributed by atoms with Gasteiger partial charge >= 0.3 is 0 Å². The number of hydrogen-bond acceptors (Lipinski definition) is 3. The van der Waals surface area contributed by atoms with Crippen molar-refractivity contribution in [2.45, 2.75) is 13.8 Å². The Balaban J connectivity index is 2.71. The minimum Gasteiger partial charge on any atom is -0.268 e. The molecule has 0 aliphatic carbocycles. The molecule has 17 heavy (non-hydrogen) atoms. The summed E-state index contributed by atoms with van der Waals surface area (Å²) in [5.74, 6) is 0. The van der Waals surface area contributed by atoms with Gasteiger partial charge in [0.05, 0.1) is 4.92 Å². The Labute approximate surface area is 96.6 Å². The number of nitro benzene ring substituents is 1. The largest absolute Gasteiger partial charge is 0.295 e. The first-order valence-electron chi connectivity index (χ1n) is 5.03. The van der Waals surface area contributed by atoms with Crippen LogP contribution < -0.4 is 5.56 Å². The fourth-order valence-electron chi connectivity index (χ4n) is 1.70. The van der Waals surface area contributed by atoms with Gasteiger partial charge < -0.3 is 0 Å². The van der Waals surface area contributed by atoms with Gasteiger partial charge in [-0.1, -0.05) is 6.07 Å². The van der Waals surface area contributed by atoms with Crippen LogP contribution in [0.5, 0.6) is 0 Å². The van der Waals surface area contributed by atoms with Crippen LogP contribution in [-0.2, 0) is 0 Å². The SMILES string of the molecule is Cc1ccc(-n2[nH]c(=O)cc2C)c([N+](=O)[O-])c1. The van der Waals surface area contributed by atoms with E-state index in [1.165, 1.54) is 16.8 Å². The van der Waals surface area contributed by atoms with Crippen LogP contribution in [-0.4, -0.2) is 14.7 Å². The highest BCUT2D eigenvalue weighted by Gasteiger charge is 2.16. The van der Waals surface area contributed by atoms with Gasteiger partial charge in [0, 0.05) is 17.8 Å². The molecule has 1 N–H and O–H groups in total. The van der Waals surface area contributed by atoms with Crippen molar-refractivity contribution in [2.24, 2.45) is 0 Å². The minimum atomic E-state index is -0.458. The number of aryl methyl sites for hydroxylation is 2. The Hall–Kier alpha value is -2.37. The summed E-state index contributed by atoms with van der Waals surface area (Å²) >= 11 is 0. The number of benzene rings is 1. The molecule has 0 saturated carbocycles. The van der Waals surface area contributed by atoms with Gasteiger partial charge in [0.25, 0.3) is 11.2 Å². The normalized spacial score (nSPS) is 10.5. The number of aromatic nitrogens is 2. The Morgan fingerprint density at radius 1 is 1.29 bits per heavy atom. The van der Waals surface area contributed by atoms with Gasteiger partial charge in [-0.25, -0.2) is 0 Å². The maximum absolute atomic E-state index is 11.2. The van der Waals surface area contributed by atoms with E-state index in [0.717, 1.165) is 5.56 Å². The monoisotopic (exact) mass is 233 g/mol. The van der Waals surface area contributed by atoms with E-state index < -0.39 is 4.92 Å². The van der Waals surface area contributed by atoms with Gasteiger partial charge in [-0.3, -0.25) is 24.7 Å². The Bertz CT molecular complexity index is 640. The highest BCUT2D eigenvalue weighted by atomic mass is 16.6. The molecule has 0 spiro atoms. The molecule has 1 aromatic heterocycles. The lowest BCUT2D eigenvalue weighted by molar-refractivity contribution is -0.384. The third-order valence-corrected chi connectivity index (χ3v) is 2.48. The number of nitrogens with one attached hydrogen (secondary N) is 1. The number of H-pyrrole nitrogens is 1. The molecule has 0 aliphatic rings. The van der Waals surface area contributed by atoms with Crippen LogP contribution in [0.25, 0.3) is 5.69 Å². The highest BCUT2D eigenvalue weighted by Crippen LogP contribution is 2.23. The van der Waals surface area contributed by atoms with Gasteiger partial charge in [0.1, 0.15) is 5.69 Å². The third kappa shape index (κ3) is 1.96. The Kier molecular flexibility index (Phi) is 2.55. The summed E-state index contributed by atoms with van der Waals surface area (Å²) in [5.41, 5.74) is 1.48. The Morgan fingerprint density at radius 2 is 2.00 bits per heavy atom. The zero-order valence-electron chi connectivity index (χ0n) is 9.43. The molecule has 0 aliphatic heterocycles. The van der Waals surface area contributed by atoms with Crippen molar-refractivity contribution >= 4 is 5.69 Å². The van der Waals surface area contributed by atoms with Crippen LogP contribution >= 0.6 is 0 Å². The van der Waals surface area contributed by atoms with Crippen molar-refractivity contribution < 1.29 is 4.92 Å². The first kappa shape index (κ1) is 11.1. The lowest BCUT2D eigenvalue weighted by atomic mass is 10.2. The number of nitro groups is 1. The predicted molar refractivity (Wildman–Crippen MR) is 62.5 cm³/mol. The van der Waals surface area contributed by atoms with Crippen LogP contribution in [0.15, 0.2) is 29.1 Å². The van der Waals surface area contributed by atoms with Crippen LogP contribution in [0.4, 0.5) is 5.69 Å². The predicted octanol–water partition coefficient (Wildman–Crippen LogP) is 1.69. The van der Waals surface area contributed by atoms with Crippen LogP contribution in [0.1, 0.15) is 11.3 Å². The molecule has 6 nitrogen and oxygen atoms in total. The molecule has 0 bridgehead atoms. The molecule has 88 valence electrons. The summed E-state index contributed by atoms with van der Waals surface area (Å²) < 4.78 is 1.42. The molecule has 0 fully saturated rings. The number of nitrogens with zero attached hydrogens (tertiary/aromatic N) is 2. The zero-order chi connectivity index (χ0) is 12.6. The fourth-order valence-corrected chi connectivity index (χ4v) is 1.70. The van der Waals surface area contributed by atoms with E-state index >= 15 is 0 Å². The van der Waals surface area contributed by atoms with Gasteiger partial charge in [-0.05, 0) is 25.5 Å². The van der Waals surface area contributed by atoms with Gasteiger partial charge in [-0.15, -0.1) is 0 Å². The molecule has 0 amide bonds. The van der Waals surface area contributed by atoms with Crippen molar-refractivity contribution in [3.63, 3.8) is 0 Å². The van der Waals surface area contributed by atoms with Crippen molar-refractivity contribution in [1.82, 2.24) is 9.78 Å². The summed E-state index contributed by atoms with van der Waals surface area (Å²) in [6, 6.07) is 6.26. The number of rotatable bonds is 2. The van der Waals surface area contributed by atoms with Crippen molar-refractivity contribution in [3.8, 4) is 5.69 Å². The molecule has 1 aromatic carbocycles. The average Bonchev–Trinajstić information content (AvgIpc) is 2.57. The standard InChI is InChI=1S/C11H11N3O3/c1-7-3-4-9(10(5-7)14(16)17)13-8(2)6-11(15)12-13/h3-6H,1-2H3,(H,12,15). The van der Waals surface area contributed by atoms with Gasteiger partial charge in [0.15, 0.2) is 0 Å². The number of aromatic amines is 1. The molecule has 0 atom stereocenters.